The molecule has 0 aromatic heterocycles. The van der Waals surface area contributed by atoms with Crippen LogP contribution in [0.15, 0.2) is 77.7 Å². The van der Waals surface area contributed by atoms with E-state index in [-0.39, 0.29) is 30.7 Å². The first-order valence-corrected chi connectivity index (χ1v) is 13.8. The van der Waals surface area contributed by atoms with Gasteiger partial charge in [0, 0.05) is 39.3 Å². The molecule has 0 unspecified atom stereocenters. The smallest absolute Gasteiger partial charge is 0.243 e. The fourth-order valence-corrected chi connectivity index (χ4v) is 5.95. The lowest BCUT2D eigenvalue weighted by atomic mass is 10.1. The highest BCUT2D eigenvalue weighted by Gasteiger charge is 2.30. The van der Waals surface area contributed by atoms with Crippen molar-refractivity contribution in [3.05, 3.63) is 89.5 Å². The van der Waals surface area contributed by atoms with Crippen molar-refractivity contribution in [2.45, 2.75) is 24.9 Å². The number of amides is 1. The van der Waals surface area contributed by atoms with E-state index in [0.29, 0.717) is 26.2 Å². The van der Waals surface area contributed by atoms with Crippen LogP contribution < -0.4 is 9.47 Å². The van der Waals surface area contributed by atoms with Crippen molar-refractivity contribution in [1.29, 1.82) is 0 Å². The second-order valence-corrected chi connectivity index (χ2v) is 11.4. The van der Waals surface area contributed by atoms with Crippen molar-refractivity contribution < 1.29 is 22.7 Å². The van der Waals surface area contributed by atoms with Gasteiger partial charge in [-0.2, -0.15) is 4.31 Å². The Kier molecular flexibility index (Phi) is 7.45. The third kappa shape index (κ3) is 5.95. The molecule has 0 bridgehead atoms. The maximum Gasteiger partial charge on any atom is 0.243 e. The van der Waals surface area contributed by atoms with Gasteiger partial charge in [0.1, 0.15) is 0 Å². The van der Waals surface area contributed by atoms with Gasteiger partial charge in [-0.15, -0.1) is 0 Å². The predicted octanol–water partition coefficient (Wildman–Crippen LogP) is 3.26. The second-order valence-electron chi connectivity index (χ2n) is 9.42. The number of hydrogen-bond acceptors (Lipinski definition) is 6. The van der Waals surface area contributed by atoms with Crippen molar-refractivity contribution in [3.8, 4) is 11.5 Å². The molecule has 0 atom stereocenters. The SMILES string of the molecule is Cc1ccc(S(=O)(=O)N(CC(=O)N2CCN(Cc3ccc4c(c3)OCO4)CC2)Cc2ccccc2)cc1. The number of rotatable bonds is 8. The Morgan fingerprint density at radius 3 is 2.30 bits per heavy atom. The Morgan fingerprint density at radius 1 is 0.865 bits per heavy atom. The van der Waals surface area contributed by atoms with Crippen LogP contribution in [0, 0.1) is 6.92 Å². The van der Waals surface area contributed by atoms with Crippen LogP contribution in [0.5, 0.6) is 11.5 Å². The van der Waals surface area contributed by atoms with E-state index >= 15 is 0 Å². The number of aryl methyl sites for hydroxylation is 1. The Hall–Kier alpha value is -3.40. The number of ether oxygens (including phenoxy) is 2. The lowest BCUT2D eigenvalue weighted by Crippen LogP contribution is -2.51. The highest BCUT2D eigenvalue weighted by Crippen LogP contribution is 2.33. The highest BCUT2D eigenvalue weighted by atomic mass is 32.2. The highest BCUT2D eigenvalue weighted by molar-refractivity contribution is 7.89. The number of carbonyl (C=O) groups excluding carboxylic acids is 1. The van der Waals surface area contributed by atoms with Crippen molar-refractivity contribution in [1.82, 2.24) is 14.1 Å². The fraction of sp³-hybridized carbons (Fsp3) is 0.321. The molecular weight excluding hydrogens is 490 g/mol. The Bertz CT molecular complexity index is 1340. The molecule has 1 fully saturated rings. The molecule has 2 aliphatic heterocycles. The van der Waals surface area contributed by atoms with Crippen molar-refractivity contribution >= 4 is 15.9 Å². The van der Waals surface area contributed by atoms with Crippen LogP contribution in [0.25, 0.3) is 0 Å². The average molecular weight is 522 g/mol. The number of benzene rings is 3. The molecule has 0 spiro atoms. The number of hydrogen-bond donors (Lipinski definition) is 0. The summed E-state index contributed by atoms with van der Waals surface area (Å²) >= 11 is 0. The summed E-state index contributed by atoms with van der Waals surface area (Å²) in [5.74, 6) is 1.34. The largest absolute Gasteiger partial charge is 0.454 e. The third-order valence-electron chi connectivity index (χ3n) is 6.74. The summed E-state index contributed by atoms with van der Waals surface area (Å²) in [7, 11) is -3.85. The minimum Gasteiger partial charge on any atom is -0.454 e. The van der Waals surface area contributed by atoms with E-state index in [1.807, 2.05) is 55.5 Å². The summed E-state index contributed by atoms with van der Waals surface area (Å²) in [6, 6.07) is 22.1. The molecule has 1 saturated heterocycles. The van der Waals surface area contributed by atoms with Gasteiger partial charge in [-0.3, -0.25) is 9.69 Å². The van der Waals surface area contributed by atoms with Gasteiger partial charge in [-0.1, -0.05) is 54.1 Å². The summed E-state index contributed by atoms with van der Waals surface area (Å²) in [4.78, 5) is 17.5. The van der Waals surface area contributed by atoms with Crippen LogP contribution in [0.1, 0.15) is 16.7 Å². The van der Waals surface area contributed by atoms with Gasteiger partial charge in [0.25, 0.3) is 0 Å². The molecule has 0 saturated carbocycles. The standard InChI is InChI=1S/C28H31N3O5S/c1-22-7-10-25(11-8-22)37(33,34)31(19-23-5-3-2-4-6-23)20-28(32)30-15-13-29(14-16-30)18-24-9-12-26-27(17-24)36-21-35-26/h2-12,17H,13-16,18-21H2,1H3. The zero-order valence-corrected chi connectivity index (χ0v) is 21.7. The molecule has 5 rings (SSSR count). The molecule has 0 radical (unpaired) electrons. The number of piperazine rings is 1. The molecule has 2 aliphatic rings. The van der Waals surface area contributed by atoms with Gasteiger partial charge < -0.3 is 14.4 Å². The minimum absolute atomic E-state index is 0.132. The van der Waals surface area contributed by atoms with Crippen molar-refractivity contribution in [3.63, 3.8) is 0 Å². The van der Waals surface area contributed by atoms with Crippen LogP contribution in [0.3, 0.4) is 0 Å². The van der Waals surface area contributed by atoms with Gasteiger partial charge in [0.15, 0.2) is 11.5 Å². The van der Waals surface area contributed by atoms with Crippen LogP contribution >= 0.6 is 0 Å². The summed E-state index contributed by atoms with van der Waals surface area (Å²) < 4.78 is 39.2. The van der Waals surface area contributed by atoms with Crippen LogP contribution in [-0.4, -0.2) is 67.9 Å². The number of nitrogens with zero attached hydrogens (tertiary/aromatic N) is 3. The molecule has 2 heterocycles. The molecule has 9 heteroatoms. The van der Waals surface area contributed by atoms with Crippen LogP contribution in [0.2, 0.25) is 0 Å². The average Bonchev–Trinajstić information content (AvgIpc) is 3.37. The van der Waals surface area contributed by atoms with Gasteiger partial charge in [0.05, 0.1) is 11.4 Å². The van der Waals surface area contributed by atoms with Gasteiger partial charge in [-0.05, 0) is 42.3 Å². The third-order valence-corrected chi connectivity index (χ3v) is 8.55. The first-order chi connectivity index (χ1) is 17.9. The summed E-state index contributed by atoms with van der Waals surface area (Å²) in [5, 5.41) is 0. The van der Waals surface area contributed by atoms with E-state index in [4.69, 9.17) is 9.47 Å². The van der Waals surface area contributed by atoms with Gasteiger partial charge >= 0.3 is 0 Å². The molecule has 0 N–H and O–H groups in total. The van der Waals surface area contributed by atoms with E-state index < -0.39 is 10.0 Å². The van der Waals surface area contributed by atoms with Crippen LogP contribution in [0.4, 0.5) is 0 Å². The molecule has 3 aromatic carbocycles. The van der Waals surface area contributed by atoms with E-state index in [1.54, 1.807) is 29.2 Å². The zero-order valence-electron chi connectivity index (χ0n) is 20.9. The molecule has 3 aromatic rings. The van der Waals surface area contributed by atoms with Crippen LogP contribution in [-0.2, 0) is 27.9 Å². The lowest BCUT2D eigenvalue weighted by Gasteiger charge is -2.35. The quantitative estimate of drug-likeness (QED) is 0.453. The Labute approximate surface area is 218 Å². The van der Waals surface area contributed by atoms with E-state index in [1.165, 1.54) is 4.31 Å². The topological polar surface area (TPSA) is 79.4 Å². The first-order valence-electron chi connectivity index (χ1n) is 12.4. The Morgan fingerprint density at radius 2 is 1.57 bits per heavy atom. The summed E-state index contributed by atoms with van der Waals surface area (Å²) in [6.45, 7) is 5.36. The molecule has 1 amide bonds. The normalized spacial score (nSPS) is 15.8. The van der Waals surface area contributed by atoms with Crippen molar-refractivity contribution in [2.24, 2.45) is 0 Å². The fourth-order valence-electron chi connectivity index (χ4n) is 4.58. The second kappa shape index (κ2) is 10.9. The number of fused-ring (bicyclic) bond motifs is 1. The predicted molar refractivity (Wildman–Crippen MR) is 140 cm³/mol. The minimum atomic E-state index is -3.85. The number of sulfonamides is 1. The number of carbonyl (C=O) groups is 1. The van der Waals surface area contributed by atoms with Crippen molar-refractivity contribution in [2.75, 3.05) is 39.5 Å². The summed E-state index contributed by atoms with van der Waals surface area (Å²) in [5.41, 5.74) is 2.94. The summed E-state index contributed by atoms with van der Waals surface area (Å²) in [6.07, 6.45) is 0. The molecule has 194 valence electrons. The molecule has 8 nitrogen and oxygen atoms in total. The maximum absolute atomic E-state index is 13.5. The van der Waals surface area contributed by atoms with E-state index in [2.05, 4.69) is 4.90 Å². The monoisotopic (exact) mass is 521 g/mol. The van der Waals surface area contributed by atoms with E-state index in [0.717, 1.165) is 34.7 Å². The first kappa shape index (κ1) is 25.3. The zero-order chi connectivity index (χ0) is 25.8. The van der Waals surface area contributed by atoms with Gasteiger partial charge in [-0.25, -0.2) is 8.42 Å². The Balaban J connectivity index is 1.24. The molecule has 0 aliphatic carbocycles. The molecule has 37 heavy (non-hydrogen) atoms. The lowest BCUT2D eigenvalue weighted by molar-refractivity contribution is -0.133. The van der Waals surface area contributed by atoms with Gasteiger partial charge in [0.2, 0.25) is 22.7 Å². The molecular formula is C28H31N3O5S. The maximum atomic E-state index is 13.5. The van der Waals surface area contributed by atoms with E-state index in [9.17, 15) is 13.2 Å².